The van der Waals surface area contributed by atoms with E-state index in [0.29, 0.717) is 11.3 Å². The lowest BCUT2D eigenvalue weighted by atomic mass is 9.84. The van der Waals surface area contributed by atoms with Crippen LogP contribution in [0, 0.1) is 11.3 Å². The van der Waals surface area contributed by atoms with E-state index in [2.05, 4.69) is 82.7 Å². The fourth-order valence-corrected chi connectivity index (χ4v) is 4.36. The third kappa shape index (κ3) is 7.99. The number of hydrogen-bond donors (Lipinski definition) is 0. The fourth-order valence-electron chi connectivity index (χ4n) is 4.36. The minimum atomic E-state index is 0.329. The van der Waals surface area contributed by atoms with Gasteiger partial charge in [0, 0.05) is 25.6 Å². The van der Waals surface area contributed by atoms with E-state index >= 15 is 0 Å². The van der Waals surface area contributed by atoms with Crippen LogP contribution in [0.25, 0.3) is 11.0 Å². The predicted molar refractivity (Wildman–Crippen MR) is 134 cm³/mol. The SMILES string of the molecule is C=C(CC)Cn1c(CC(C)CC(C)(C)C)nc2ccc(OCCCN(CC)CC)cc21. The summed E-state index contributed by atoms with van der Waals surface area (Å²) >= 11 is 0. The molecule has 0 aliphatic rings. The second kappa shape index (κ2) is 11.7. The monoisotopic (exact) mass is 427 g/mol. The van der Waals surface area contributed by atoms with Crippen molar-refractivity contribution < 1.29 is 4.74 Å². The molecule has 1 heterocycles. The van der Waals surface area contributed by atoms with Gasteiger partial charge in [0.25, 0.3) is 0 Å². The molecule has 0 N–H and O–H groups in total. The van der Waals surface area contributed by atoms with Crippen molar-refractivity contribution in [1.29, 1.82) is 0 Å². The molecule has 1 atom stereocenters. The van der Waals surface area contributed by atoms with Crippen molar-refractivity contribution in [2.45, 2.75) is 80.7 Å². The summed E-state index contributed by atoms with van der Waals surface area (Å²) in [5, 5.41) is 0. The van der Waals surface area contributed by atoms with Crippen LogP contribution in [-0.4, -0.2) is 40.7 Å². The van der Waals surface area contributed by atoms with Gasteiger partial charge in [0.1, 0.15) is 11.6 Å². The molecule has 4 heteroatoms. The zero-order valence-corrected chi connectivity index (χ0v) is 21.1. The number of ether oxygens (including phenoxy) is 1. The highest BCUT2D eigenvalue weighted by molar-refractivity contribution is 5.78. The first-order valence-electron chi connectivity index (χ1n) is 12.2. The molecule has 0 radical (unpaired) electrons. The molecule has 174 valence electrons. The van der Waals surface area contributed by atoms with Crippen molar-refractivity contribution in [1.82, 2.24) is 14.5 Å². The molecule has 0 saturated carbocycles. The minimum absolute atomic E-state index is 0.329. The van der Waals surface area contributed by atoms with Gasteiger partial charge in [0.2, 0.25) is 0 Å². The van der Waals surface area contributed by atoms with Crippen molar-refractivity contribution in [3.8, 4) is 5.75 Å². The summed E-state index contributed by atoms with van der Waals surface area (Å²) in [5.41, 5.74) is 3.77. The Morgan fingerprint density at radius 2 is 1.90 bits per heavy atom. The summed E-state index contributed by atoms with van der Waals surface area (Å²) in [6, 6.07) is 6.34. The van der Waals surface area contributed by atoms with Gasteiger partial charge in [0.15, 0.2) is 0 Å². The van der Waals surface area contributed by atoms with Crippen molar-refractivity contribution >= 4 is 11.0 Å². The zero-order valence-electron chi connectivity index (χ0n) is 21.1. The summed E-state index contributed by atoms with van der Waals surface area (Å²) in [5.74, 6) is 2.69. The Balaban J connectivity index is 2.19. The quantitative estimate of drug-likeness (QED) is 0.262. The van der Waals surface area contributed by atoms with Crippen molar-refractivity contribution in [3.05, 3.63) is 36.2 Å². The maximum Gasteiger partial charge on any atom is 0.121 e. The van der Waals surface area contributed by atoms with E-state index in [0.717, 1.165) is 68.8 Å². The maximum absolute atomic E-state index is 6.11. The molecule has 0 amide bonds. The predicted octanol–water partition coefficient (Wildman–Crippen LogP) is 6.73. The number of imidazole rings is 1. The van der Waals surface area contributed by atoms with Crippen LogP contribution in [0.2, 0.25) is 0 Å². The van der Waals surface area contributed by atoms with Gasteiger partial charge in [-0.15, -0.1) is 0 Å². The lowest BCUT2D eigenvalue weighted by molar-refractivity contribution is 0.249. The molecule has 4 nitrogen and oxygen atoms in total. The van der Waals surface area contributed by atoms with E-state index in [1.807, 2.05) is 0 Å². The molecule has 2 aromatic rings. The highest BCUT2D eigenvalue weighted by atomic mass is 16.5. The highest BCUT2D eigenvalue weighted by Crippen LogP contribution is 2.29. The Hall–Kier alpha value is -1.81. The van der Waals surface area contributed by atoms with E-state index < -0.39 is 0 Å². The van der Waals surface area contributed by atoms with Crippen molar-refractivity contribution in [2.24, 2.45) is 11.3 Å². The van der Waals surface area contributed by atoms with Crippen molar-refractivity contribution in [3.63, 3.8) is 0 Å². The molecule has 1 aromatic heterocycles. The molecular formula is C27H45N3O. The number of fused-ring (bicyclic) bond motifs is 1. The van der Waals surface area contributed by atoms with Gasteiger partial charge in [0.05, 0.1) is 17.6 Å². The number of benzene rings is 1. The summed E-state index contributed by atoms with van der Waals surface area (Å²) in [4.78, 5) is 7.45. The number of rotatable bonds is 13. The zero-order chi connectivity index (χ0) is 23.0. The van der Waals surface area contributed by atoms with Gasteiger partial charge in [-0.25, -0.2) is 4.98 Å². The van der Waals surface area contributed by atoms with Gasteiger partial charge >= 0.3 is 0 Å². The highest BCUT2D eigenvalue weighted by Gasteiger charge is 2.19. The van der Waals surface area contributed by atoms with Gasteiger partial charge < -0.3 is 14.2 Å². The molecule has 0 spiro atoms. The van der Waals surface area contributed by atoms with Crippen LogP contribution in [-0.2, 0) is 13.0 Å². The Bertz CT molecular complexity index is 827. The molecule has 0 saturated heterocycles. The largest absolute Gasteiger partial charge is 0.493 e. The standard InChI is InChI=1S/C27H45N3O/c1-9-21(4)20-30-25-18-23(31-16-12-15-29(10-2)11-3)13-14-24(25)28-26(30)17-22(5)19-27(6,7)8/h13-14,18,22H,4,9-12,15-17,19-20H2,1-3,5-8H3. The van der Waals surface area contributed by atoms with Crippen molar-refractivity contribution in [2.75, 3.05) is 26.2 Å². The molecule has 0 bridgehead atoms. The van der Waals surface area contributed by atoms with Crippen LogP contribution < -0.4 is 4.74 Å². The second-order valence-electron chi connectivity index (χ2n) is 10.2. The van der Waals surface area contributed by atoms with Crippen LogP contribution in [0.1, 0.15) is 73.6 Å². The van der Waals surface area contributed by atoms with Gasteiger partial charge in [-0.3, -0.25) is 0 Å². The average Bonchev–Trinajstić information content (AvgIpc) is 3.02. The Morgan fingerprint density at radius 1 is 1.19 bits per heavy atom. The smallest absolute Gasteiger partial charge is 0.121 e. The van der Waals surface area contributed by atoms with Crippen LogP contribution >= 0.6 is 0 Å². The van der Waals surface area contributed by atoms with Gasteiger partial charge in [-0.1, -0.05) is 60.6 Å². The topological polar surface area (TPSA) is 30.3 Å². The summed E-state index contributed by atoms with van der Waals surface area (Å²) < 4.78 is 8.47. The summed E-state index contributed by atoms with van der Waals surface area (Å²) in [6.07, 6.45) is 4.20. The molecule has 1 unspecified atom stereocenters. The normalized spacial score (nSPS) is 13.2. The molecular weight excluding hydrogens is 382 g/mol. The van der Waals surface area contributed by atoms with Gasteiger partial charge in [-0.2, -0.15) is 0 Å². The van der Waals surface area contributed by atoms with E-state index in [1.165, 1.54) is 17.8 Å². The number of hydrogen-bond acceptors (Lipinski definition) is 3. The third-order valence-corrected chi connectivity index (χ3v) is 5.95. The molecule has 0 aliphatic carbocycles. The van der Waals surface area contributed by atoms with Crippen LogP contribution in [0.4, 0.5) is 0 Å². The van der Waals surface area contributed by atoms with E-state index in [1.54, 1.807) is 0 Å². The summed E-state index contributed by atoms with van der Waals surface area (Å²) in [7, 11) is 0. The third-order valence-electron chi connectivity index (χ3n) is 5.95. The van der Waals surface area contributed by atoms with E-state index in [4.69, 9.17) is 9.72 Å². The number of nitrogens with zero attached hydrogens (tertiary/aromatic N) is 3. The molecule has 2 rings (SSSR count). The van der Waals surface area contributed by atoms with Crippen LogP contribution in [0.5, 0.6) is 5.75 Å². The second-order valence-corrected chi connectivity index (χ2v) is 10.2. The molecule has 0 aliphatic heterocycles. The fraction of sp³-hybridized carbons (Fsp3) is 0.667. The summed E-state index contributed by atoms with van der Waals surface area (Å²) in [6.45, 7) is 25.0. The lowest BCUT2D eigenvalue weighted by Gasteiger charge is -2.23. The molecule has 0 fully saturated rings. The minimum Gasteiger partial charge on any atom is -0.493 e. The maximum atomic E-state index is 6.11. The van der Waals surface area contributed by atoms with Crippen LogP contribution in [0.3, 0.4) is 0 Å². The number of aromatic nitrogens is 2. The van der Waals surface area contributed by atoms with Crippen LogP contribution in [0.15, 0.2) is 30.4 Å². The van der Waals surface area contributed by atoms with E-state index in [9.17, 15) is 0 Å². The van der Waals surface area contributed by atoms with Gasteiger partial charge in [-0.05, 0) is 55.8 Å². The Kier molecular flexibility index (Phi) is 9.61. The average molecular weight is 428 g/mol. The van der Waals surface area contributed by atoms with E-state index in [-0.39, 0.29) is 0 Å². The first-order chi connectivity index (χ1) is 14.7. The Morgan fingerprint density at radius 3 is 2.52 bits per heavy atom. The Labute approximate surface area is 190 Å². The first kappa shape index (κ1) is 25.5. The first-order valence-corrected chi connectivity index (χ1v) is 12.2. The molecule has 1 aromatic carbocycles. The molecule has 31 heavy (non-hydrogen) atoms. The number of allylic oxidation sites excluding steroid dienone is 1. The lowest BCUT2D eigenvalue weighted by Crippen LogP contribution is -2.25.